The molecule has 1 atom stereocenters. The number of halogens is 1. The number of nitrogens with two attached hydrogens (primary N) is 1. The van der Waals surface area contributed by atoms with Crippen molar-refractivity contribution in [2.24, 2.45) is 19.2 Å². The Morgan fingerprint density at radius 1 is 1.03 bits per heavy atom. The summed E-state index contributed by atoms with van der Waals surface area (Å²) in [5.74, 6) is 0.388. The van der Waals surface area contributed by atoms with Gasteiger partial charge in [-0.1, -0.05) is 11.6 Å². The molecule has 0 unspecified atom stereocenters. The van der Waals surface area contributed by atoms with Gasteiger partial charge in [-0.3, -0.25) is 28.2 Å². The van der Waals surface area contributed by atoms with Crippen LogP contribution in [0.1, 0.15) is 18.7 Å². The fourth-order valence-corrected chi connectivity index (χ4v) is 4.74. The standard InChI is InChI=1S/C23H21ClN8O4S/c1-13(17-9-8-16(12-26-17)37(25,35)36)31-21-19(22(33)29(2)23(31)34)32(15-6-4-14(24)5-7-15)20(28-21)18-10-11-27-30(18)3/h4-13H,1-3H3,(H2,25,35,36)/t13-/m1/s1. The van der Waals surface area contributed by atoms with Gasteiger partial charge >= 0.3 is 5.69 Å². The van der Waals surface area contributed by atoms with Gasteiger partial charge in [0.2, 0.25) is 10.0 Å². The van der Waals surface area contributed by atoms with Crippen molar-refractivity contribution < 1.29 is 8.42 Å². The van der Waals surface area contributed by atoms with E-state index >= 15 is 0 Å². The average Bonchev–Trinajstić information content (AvgIpc) is 3.46. The molecule has 1 aromatic carbocycles. The van der Waals surface area contributed by atoms with Crippen LogP contribution >= 0.6 is 11.6 Å². The van der Waals surface area contributed by atoms with E-state index in [-0.39, 0.29) is 16.1 Å². The Balaban J connectivity index is 1.85. The zero-order chi connectivity index (χ0) is 26.6. The van der Waals surface area contributed by atoms with E-state index in [9.17, 15) is 18.0 Å². The van der Waals surface area contributed by atoms with E-state index in [1.807, 2.05) is 0 Å². The van der Waals surface area contributed by atoms with E-state index in [1.165, 1.54) is 23.7 Å². The van der Waals surface area contributed by atoms with Crippen LogP contribution in [0, 0.1) is 0 Å². The molecule has 0 aliphatic rings. The number of fused-ring (bicyclic) bond motifs is 1. The zero-order valence-corrected chi connectivity index (χ0v) is 21.5. The van der Waals surface area contributed by atoms with Gasteiger partial charge < -0.3 is 0 Å². The highest BCUT2D eigenvalue weighted by Crippen LogP contribution is 2.29. The SMILES string of the molecule is C[C@H](c1ccc(S(N)(=O)=O)cn1)n1c(=O)n(C)c(=O)c2c1nc(-c1ccnn1C)n2-c1ccc(Cl)cc1. The van der Waals surface area contributed by atoms with Gasteiger partial charge in [0, 0.05) is 37.2 Å². The van der Waals surface area contributed by atoms with Gasteiger partial charge in [0.05, 0.1) is 11.7 Å². The molecule has 190 valence electrons. The molecule has 2 N–H and O–H groups in total. The Morgan fingerprint density at radius 3 is 2.30 bits per heavy atom. The molecule has 14 heteroatoms. The van der Waals surface area contributed by atoms with Crippen LogP contribution in [0.15, 0.2) is 69.3 Å². The molecule has 0 aliphatic carbocycles. The Kier molecular flexibility index (Phi) is 5.85. The highest BCUT2D eigenvalue weighted by atomic mass is 35.5. The zero-order valence-electron chi connectivity index (χ0n) is 19.9. The summed E-state index contributed by atoms with van der Waals surface area (Å²) in [5, 5.41) is 9.92. The molecular formula is C23H21ClN8O4S. The molecule has 0 radical (unpaired) electrons. The van der Waals surface area contributed by atoms with Crippen molar-refractivity contribution in [2.75, 3.05) is 0 Å². The molecule has 0 amide bonds. The Hall–Kier alpha value is -4.07. The van der Waals surface area contributed by atoms with Gasteiger partial charge in [-0.05, 0) is 49.4 Å². The van der Waals surface area contributed by atoms with Crippen molar-refractivity contribution in [1.82, 2.24) is 33.4 Å². The number of aromatic nitrogens is 7. The predicted octanol–water partition coefficient (Wildman–Crippen LogP) is 1.59. The lowest BCUT2D eigenvalue weighted by Gasteiger charge is -2.17. The van der Waals surface area contributed by atoms with Crippen LogP contribution in [0.25, 0.3) is 28.4 Å². The van der Waals surface area contributed by atoms with Crippen LogP contribution in [-0.4, -0.2) is 41.9 Å². The summed E-state index contributed by atoms with van der Waals surface area (Å²) >= 11 is 6.10. The number of nitrogens with zero attached hydrogens (tertiary/aromatic N) is 7. The smallest absolute Gasteiger partial charge is 0.285 e. The molecule has 0 saturated carbocycles. The fourth-order valence-electron chi connectivity index (χ4n) is 4.16. The second-order valence-corrected chi connectivity index (χ2v) is 10.4. The minimum absolute atomic E-state index is 0.129. The van der Waals surface area contributed by atoms with Crippen molar-refractivity contribution in [3.8, 4) is 17.2 Å². The molecule has 5 rings (SSSR count). The van der Waals surface area contributed by atoms with E-state index in [0.29, 0.717) is 27.9 Å². The lowest BCUT2D eigenvalue weighted by Crippen LogP contribution is -2.40. The van der Waals surface area contributed by atoms with Gasteiger partial charge in [-0.25, -0.2) is 23.3 Å². The Labute approximate surface area is 215 Å². The number of benzene rings is 1. The number of primary sulfonamides is 1. The van der Waals surface area contributed by atoms with Crippen LogP contribution in [0.5, 0.6) is 0 Å². The fraction of sp³-hybridized carbons (Fsp3) is 0.174. The number of hydrogen-bond donors (Lipinski definition) is 1. The van der Waals surface area contributed by atoms with E-state index in [0.717, 1.165) is 10.8 Å². The summed E-state index contributed by atoms with van der Waals surface area (Å²) in [6.07, 6.45) is 2.73. The first-order valence-corrected chi connectivity index (χ1v) is 12.9. The molecule has 5 aromatic rings. The van der Waals surface area contributed by atoms with Crippen molar-refractivity contribution in [3.05, 3.63) is 86.4 Å². The summed E-state index contributed by atoms with van der Waals surface area (Å²) in [7, 11) is -0.816. The lowest BCUT2D eigenvalue weighted by atomic mass is 10.2. The molecule has 0 aliphatic heterocycles. The Bertz CT molecular complexity index is 1880. The second-order valence-electron chi connectivity index (χ2n) is 8.42. The van der Waals surface area contributed by atoms with E-state index in [1.54, 1.807) is 59.7 Å². The monoisotopic (exact) mass is 540 g/mol. The first-order valence-electron chi connectivity index (χ1n) is 11.0. The lowest BCUT2D eigenvalue weighted by molar-refractivity contribution is 0.566. The van der Waals surface area contributed by atoms with Gasteiger partial charge in [0.15, 0.2) is 17.0 Å². The highest BCUT2D eigenvalue weighted by molar-refractivity contribution is 7.89. The number of rotatable bonds is 5. The summed E-state index contributed by atoms with van der Waals surface area (Å²) < 4.78 is 28.9. The molecule has 37 heavy (non-hydrogen) atoms. The van der Waals surface area contributed by atoms with E-state index in [4.69, 9.17) is 21.7 Å². The molecule has 0 saturated heterocycles. The van der Waals surface area contributed by atoms with Crippen molar-refractivity contribution >= 4 is 32.8 Å². The topological polar surface area (TPSA) is 153 Å². The first kappa shape index (κ1) is 24.6. The summed E-state index contributed by atoms with van der Waals surface area (Å²) in [4.78, 5) is 35.7. The van der Waals surface area contributed by atoms with Crippen LogP contribution in [0.2, 0.25) is 5.02 Å². The van der Waals surface area contributed by atoms with Crippen LogP contribution < -0.4 is 16.4 Å². The van der Waals surface area contributed by atoms with Crippen LogP contribution in [0.4, 0.5) is 0 Å². The second kappa shape index (κ2) is 8.80. The van der Waals surface area contributed by atoms with E-state index < -0.39 is 27.3 Å². The maximum absolute atomic E-state index is 13.5. The number of aryl methyl sites for hydroxylation is 1. The summed E-state index contributed by atoms with van der Waals surface area (Å²) in [6, 6.07) is 10.7. The van der Waals surface area contributed by atoms with Gasteiger partial charge in [0.25, 0.3) is 5.56 Å². The maximum Gasteiger partial charge on any atom is 0.333 e. The predicted molar refractivity (Wildman–Crippen MR) is 137 cm³/mol. The molecule has 0 bridgehead atoms. The summed E-state index contributed by atoms with van der Waals surface area (Å²) in [6.45, 7) is 1.70. The van der Waals surface area contributed by atoms with Gasteiger partial charge in [-0.2, -0.15) is 5.10 Å². The third kappa shape index (κ3) is 4.06. The van der Waals surface area contributed by atoms with Crippen LogP contribution in [-0.2, 0) is 24.1 Å². The third-order valence-electron chi connectivity index (χ3n) is 6.13. The first-order chi connectivity index (χ1) is 17.5. The summed E-state index contributed by atoms with van der Waals surface area (Å²) in [5.41, 5.74) is 0.718. The van der Waals surface area contributed by atoms with E-state index in [2.05, 4.69) is 10.1 Å². The third-order valence-corrected chi connectivity index (χ3v) is 7.28. The quantitative estimate of drug-likeness (QED) is 0.355. The molecule has 0 fully saturated rings. The number of sulfonamides is 1. The van der Waals surface area contributed by atoms with Gasteiger partial charge in [-0.15, -0.1) is 0 Å². The maximum atomic E-state index is 13.5. The number of pyridine rings is 1. The van der Waals surface area contributed by atoms with Gasteiger partial charge in [0.1, 0.15) is 10.6 Å². The minimum atomic E-state index is -3.94. The highest BCUT2D eigenvalue weighted by Gasteiger charge is 2.26. The van der Waals surface area contributed by atoms with Crippen molar-refractivity contribution in [2.45, 2.75) is 17.9 Å². The number of hydrogen-bond acceptors (Lipinski definition) is 7. The molecular weight excluding hydrogens is 520 g/mol. The molecule has 0 spiro atoms. The van der Waals surface area contributed by atoms with Crippen molar-refractivity contribution in [3.63, 3.8) is 0 Å². The average molecular weight is 541 g/mol. The minimum Gasteiger partial charge on any atom is -0.285 e. The number of imidazole rings is 1. The van der Waals surface area contributed by atoms with Crippen LogP contribution in [0.3, 0.4) is 0 Å². The Morgan fingerprint density at radius 2 is 1.73 bits per heavy atom. The molecule has 4 heterocycles. The normalized spacial score (nSPS) is 12.8. The largest absolute Gasteiger partial charge is 0.333 e. The molecule has 12 nitrogen and oxygen atoms in total. The molecule has 4 aromatic heterocycles. The van der Waals surface area contributed by atoms with Crippen molar-refractivity contribution in [1.29, 1.82) is 0 Å².